The van der Waals surface area contributed by atoms with Crippen molar-refractivity contribution in [2.45, 2.75) is 132 Å². The Hall–Kier alpha value is -6.77. The quantitative estimate of drug-likeness (QED) is 0.0525. The molecule has 4 aromatic carbocycles. The van der Waals surface area contributed by atoms with E-state index < -0.39 is 43.1 Å². The lowest BCUT2D eigenvalue weighted by molar-refractivity contribution is -0.384. The summed E-state index contributed by atoms with van der Waals surface area (Å²) in [5.74, 6) is 1.71. The predicted octanol–water partition coefficient (Wildman–Crippen LogP) is 10.2. The van der Waals surface area contributed by atoms with E-state index in [-0.39, 0.29) is 34.7 Å². The summed E-state index contributed by atoms with van der Waals surface area (Å²) >= 11 is 0. The Balaban J connectivity index is 0.761. The van der Waals surface area contributed by atoms with Gasteiger partial charge in [0.1, 0.15) is 28.9 Å². The Morgan fingerprint density at radius 3 is 2.52 bits per heavy atom. The zero-order chi connectivity index (χ0) is 56.7. The van der Waals surface area contributed by atoms with Gasteiger partial charge in [-0.3, -0.25) is 24.7 Å². The van der Waals surface area contributed by atoms with Gasteiger partial charge in [-0.15, -0.1) is 0 Å². The number of carbonyl (C=O) groups excluding carboxylic acids is 1. The molecule has 19 heteroatoms. The first-order chi connectivity index (χ1) is 39.5. The number of methoxy groups -OCH3 is 1. The third-order valence-corrected chi connectivity index (χ3v) is 20.3. The molecule has 82 heavy (non-hydrogen) atoms. The summed E-state index contributed by atoms with van der Waals surface area (Å²) in [4.78, 5) is 44.2. The number of hydrogen-bond donors (Lipinski definition) is 4. The summed E-state index contributed by atoms with van der Waals surface area (Å²) in [7, 11) is -2.85. The monoisotopic (exact) mass is 1130 g/mol. The molecule has 0 radical (unpaired) electrons. The van der Waals surface area contributed by atoms with Gasteiger partial charge in [-0.1, -0.05) is 50.2 Å². The molecule has 4 N–H and O–H groups in total. The van der Waals surface area contributed by atoms with Gasteiger partial charge in [0.15, 0.2) is 0 Å². The highest BCUT2D eigenvalue weighted by Crippen LogP contribution is 2.55. The van der Waals surface area contributed by atoms with Crippen LogP contribution < -0.4 is 29.3 Å². The highest BCUT2D eigenvalue weighted by Gasteiger charge is 2.55. The number of benzene rings is 4. The zero-order valence-corrected chi connectivity index (χ0v) is 48.1. The second kappa shape index (κ2) is 21.4. The Morgan fingerprint density at radius 2 is 1.76 bits per heavy atom. The molecule has 6 fully saturated rings. The van der Waals surface area contributed by atoms with Gasteiger partial charge in [0.05, 0.1) is 46.4 Å². The van der Waals surface area contributed by atoms with Gasteiger partial charge in [0, 0.05) is 93.3 Å². The van der Waals surface area contributed by atoms with Crippen molar-refractivity contribution < 1.29 is 37.5 Å². The number of sulfonamides is 1. The molecule has 1 amide bonds. The first-order valence-corrected chi connectivity index (χ1v) is 31.0. The van der Waals surface area contributed by atoms with Crippen molar-refractivity contribution in [1.82, 2.24) is 24.5 Å². The lowest BCUT2D eigenvalue weighted by atomic mass is 9.59. The summed E-state index contributed by atoms with van der Waals surface area (Å²) in [5, 5.41) is 26.9. The van der Waals surface area contributed by atoms with Crippen LogP contribution in [0.4, 0.5) is 28.4 Å². The Labute approximate surface area is 479 Å². The van der Waals surface area contributed by atoms with Crippen LogP contribution in [0, 0.1) is 21.4 Å². The van der Waals surface area contributed by atoms with Gasteiger partial charge in [0.2, 0.25) is 5.88 Å². The first-order valence-electron chi connectivity index (χ1n) is 29.5. The number of nitro groups is 1. The van der Waals surface area contributed by atoms with Crippen molar-refractivity contribution in [2.75, 3.05) is 74.7 Å². The fourth-order valence-corrected chi connectivity index (χ4v) is 15.3. The van der Waals surface area contributed by atoms with Crippen LogP contribution in [-0.4, -0.2) is 128 Å². The molecule has 6 heterocycles. The summed E-state index contributed by atoms with van der Waals surface area (Å²) in [6, 6.07) is 29.4. The maximum Gasteiger partial charge on any atom is 0.293 e. The van der Waals surface area contributed by atoms with Crippen molar-refractivity contribution in [3.63, 3.8) is 0 Å². The first kappa shape index (κ1) is 54.5. The molecule has 13 rings (SSSR count). The molecular weight excluding hydrogens is 1060 g/mol. The number of hydrogen-bond acceptors (Lipinski definition) is 15. The smallest absolute Gasteiger partial charge is 0.293 e. The van der Waals surface area contributed by atoms with E-state index in [0.29, 0.717) is 79.8 Å². The van der Waals surface area contributed by atoms with E-state index in [2.05, 4.69) is 90.9 Å². The van der Waals surface area contributed by atoms with Crippen LogP contribution in [0.2, 0.25) is 0 Å². The third kappa shape index (κ3) is 10.6. The number of aromatic amines is 1. The van der Waals surface area contributed by atoms with Crippen LogP contribution >= 0.6 is 0 Å². The summed E-state index contributed by atoms with van der Waals surface area (Å²) in [6.45, 7) is 13.0. The largest absolute Gasteiger partial charge is 0.496 e. The Bertz CT molecular complexity index is 3520. The number of aliphatic hydroxyl groups is 1. The van der Waals surface area contributed by atoms with Gasteiger partial charge in [0.25, 0.3) is 21.6 Å². The molecule has 3 saturated carbocycles. The van der Waals surface area contributed by atoms with E-state index >= 15 is 0 Å². The number of nitrogens with zero attached hydrogens (tertiary/aromatic N) is 6. The van der Waals surface area contributed by atoms with Crippen LogP contribution in [0.25, 0.3) is 11.0 Å². The van der Waals surface area contributed by atoms with Gasteiger partial charge < -0.3 is 39.4 Å². The average Bonchev–Trinajstić information content (AvgIpc) is 4.38. The molecule has 0 unspecified atom stereocenters. The van der Waals surface area contributed by atoms with Gasteiger partial charge in [-0.2, -0.15) is 4.98 Å². The number of anilines is 4. The average molecular weight is 1130 g/mol. The fraction of sp³-hybridized carbons (Fsp3) is 0.492. The molecule has 4 aliphatic heterocycles. The molecule has 6 aromatic rings. The number of piperazine rings is 1. The van der Waals surface area contributed by atoms with Crippen LogP contribution in [0.3, 0.4) is 0 Å². The van der Waals surface area contributed by atoms with Crippen molar-refractivity contribution >= 4 is 55.4 Å². The molecule has 7 aliphatic rings. The van der Waals surface area contributed by atoms with Crippen molar-refractivity contribution in [3.05, 3.63) is 135 Å². The fourth-order valence-electron chi connectivity index (χ4n) is 14.3. The van der Waals surface area contributed by atoms with E-state index in [0.717, 1.165) is 87.8 Å². The van der Waals surface area contributed by atoms with Crippen LogP contribution in [-0.2, 0) is 21.3 Å². The second-order valence-corrected chi connectivity index (χ2v) is 26.8. The molecule has 0 bridgehead atoms. The lowest BCUT2D eigenvalue weighted by Gasteiger charge is -2.63. The predicted molar refractivity (Wildman–Crippen MR) is 315 cm³/mol. The van der Waals surface area contributed by atoms with Crippen LogP contribution in [0.15, 0.2) is 102 Å². The van der Waals surface area contributed by atoms with Crippen LogP contribution in [0.1, 0.15) is 129 Å². The minimum Gasteiger partial charge on any atom is -0.496 e. The van der Waals surface area contributed by atoms with Gasteiger partial charge in [-0.25, -0.2) is 13.1 Å². The Kier molecular flexibility index (Phi) is 14.3. The van der Waals surface area contributed by atoms with Crippen molar-refractivity contribution in [1.29, 1.82) is 0 Å². The number of nitrogens with one attached hydrogen (secondary N) is 3. The van der Waals surface area contributed by atoms with Crippen LogP contribution in [0.5, 0.6) is 11.6 Å². The van der Waals surface area contributed by atoms with E-state index in [1.165, 1.54) is 47.2 Å². The molecule has 3 aliphatic carbocycles. The van der Waals surface area contributed by atoms with E-state index in [9.17, 15) is 28.4 Å². The normalized spacial score (nSPS) is 24.8. The van der Waals surface area contributed by atoms with Crippen molar-refractivity contribution in [2.24, 2.45) is 11.3 Å². The standard InChI is InChI=1S/C63H75N9O9S/c1-39(2)47-7-5-6-8-49(47)56-35-68(34-41-9-14-48(42-10-11-42)57(27-41)79-4)24-25-70(56)45-31-63(32-45)37-69(38-63)44-12-15-50(53(29-44)71-52-20-26-80-36-58(52)81-61-55(71)28-43-19-23-64-59(43)66-61)60(73)67-82(77,78)46-13-16-51(54(30-46)72(75)76)65-33-40-17-21-62(3,74)22-18-40/h5-9,12-16,19,23,27-30,39-40,42,45,52,56,58,65,74H,10-11,17-18,20-22,24-26,31-38H2,1-4H3,(H,64,66)(H,67,73)/t40?,52-,56-,58-,62?/m0/s1. The molecule has 3 atom stereocenters. The maximum atomic E-state index is 14.8. The van der Waals surface area contributed by atoms with Gasteiger partial charge >= 0.3 is 0 Å². The Morgan fingerprint density at radius 1 is 0.951 bits per heavy atom. The molecule has 2 aromatic heterocycles. The van der Waals surface area contributed by atoms with Crippen molar-refractivity contribution in [3.8, 4) is 11.6 Å². The molecule has 18 nitrogen and oxygen atoms in total. The van der Waals surface area contributed by atoms with Gasteiger partial charge in [-0.05, 0) is 153 Å². The third-order valence-electron chi connectivity index (χ3n) is 19.0. The number of aromatic nitrogens is 2. The van der Waals surface area contributed by atoms with E-state index in [4.69, 9.17) is 19.2 Å². The minimum absolute atomic E-state index is 0.110. The molecule has 3 saturated heterocycles. The number of pyridine rings is 1. The second-order valence-electron chi connectivity index (χ2n) is 25.1. The summed E-state index contributed by atoms with van der Waals surface area (Å²) in [5.41, 5.74) is 7.40. The number of fused-ring (bicyclic) bond motifs is 3. The molecular formula is C63H75N9O9S. The summed E-state index contributed by atoms with van der Waals surface area (Å²) in [6.07, 6.45) is 9.35. The number of ether oxygens (including phenoxy) is 3. The number of rotatable bonds is 16. The highest BCUT2D eigenvalue weighted by atomic mass is 32.2. The topological polar surface area (TPSA) is 208 Å². The SMILES string of the molecule is COc1cc(CN2CCN(C3CC4(C3)CN(c3ccc(C(=O)NS(=O)(=O)c5ccc(NCC6CCC(C)(O)CC6)c([N+](=O)[O-])c5)c(N5c6cc7cc[nH]c7nc6O[C@H]6COCC[C@@H]65)c3)C4)[C@H](c3ccccc3C(C)C)C2)ccc1C1CC1. The number of carbonyl (C=O) groups is 1. The highest BCUT2D eigenvalue weighted by molar-refractivity contribution is 7.90. The van der Waals surface area contributed by atoms with E-state index in [1.54, 1.807) is 13.2 Å². The van der Waals surface area contributed by atoms with E-state index in [1.807, 2.05) is 37.4 Å². The number of H-pyrrole nitrogens is 1. The molecule has 1 spiro atoms. The molecule has 432 valence electrons. The maximum absolute atomic E-state index is 14.8. The zero-order valence-electron chi connectivity index (χ0n) is 47.3. The number of amides is 1. The summed E-state index contributed by atoms with van der Waals surface area (Å²) < 4.78 is 49.3. The minimum atomic E-state index is -4.64. The number of nitro benzene ring substituents is 1. The lowest BCUT2D eigenvalue weighted by Crippen LogP contribution is -2.68.